The zero-order valence-corrected chi connectivity index (χ0v) is 14.9. The summed E-state index contributed by atoms with van der Waals surface area (Å²) in [7, 11) is 0. The van der Waals surface area contributed by atoms with Crippen molar-refractivity contribution >= 4 is 11.6 Å². The molecule has 1 atom stereocenters. The number of hydrogen-bond acceptors (Lipinski definition) is 3. The van der Waals surface area contributed by atoms with Gasteiger partial charge in [0.05, 0.1) is 4.92 Å². The standard InChI is InChI=1S/C22H20N2O3/c1-16(23-22(25)19-12-14-20(15-13-19)24(26)27)21(17-8-4-2-5-9-17)18-10-6-3-7-11-18/h2-16,21H,1H3,(H,23,25). The molecule has 0 spiro atoms. The molecular formula is C22H20N2O3. The molecule has 0 aliphatic carbocycles. The third-order valence-corrected chi connectivity index (χ3v) is 4.52. The monoisotopic (exact) mass is 360 g/mol. The molecule has 0 aliphatic rings. The molecule has 0 saturated carbocycles. The molecule has 5 nitrogen and oxygen atoms in total. The highest BCUT2D eigenvalue weighted by Gasteiger charge is 2.23. The van der Waals surface area contributed by atoms with Crippen molar-refractivity contribution in [1.29, 1.82) is 0 Å². The van der Waals surface area contributed by atoms with Gasteiger partial charge >= 0.3 is 0 Å². The highest BCUT2D eigenvalue weighted by atomic mass is 16.6. The Balaban J connectivity index is 1.83. The van der Waals surface area contributed by atoms with Crippen LogP contribution in [0.3, 0.4) is 0 Å². The normalized spacial score (nSPS) is 11.8. The Bertz CT molecular complexity index is 870. The van der Waals surface area contributed by atoms with Gasteiger partial charge in [-0.2, -0.15) is 0 Å². The molecular weight excluding hydrogens is 340 g/mol. The van der Waals surface area contributed by atoms with Gasteiger partial charge in [-0.3, -0.25) is 14.9 Å². The first-order chi connectivity index (χ1) is 13.1. The SMILES string of the molecule is CC(NC(=O)c1ccc([N+](=O)[O-])cc1)C(c1ccccc1)c1ccccc1. The number of rotatable bonds is 6. The van der Waals surface area contributed by atoms with Crippen LogP contribution in [0.25, 0.3) is 0 Å². The van der Waals surface area contributed by atoms with E-state index in [9.17, 15) is 14.9 Å². The van der Waals surface area contributed by atoms with E-state index >= 15 is 0 Å². The van der Waals surface area contributed by atoms with Crippen LogP contribution in [0.2, 0.25) is 0 Å². The van der Waals surface area contributed by atoms with Crippen molar-refractivity contribution in [2.75, 3.05) is 0 Å². The Morgan fingerprint density at radius 3 is 1.78 bits per heavy atom. The molecule has 1 N–H and O–H groups in total. The Morgan fingerprint density at radius 1 is 0.852 bits per heavy atom. The molecule has 0 heterocycles. The minimum atomic E-state index is -0.481. The molecule has 0 aromatic heterocycles. The predicted molar refractivity (Wildman–Crippen MR) is 105 cm³/mol. The summed E-state index contributed by atoms with van der Waals surface area (Å²) in [6, 6.07) is 25.5. The Hall–Kier alpha value is -3.47. The largest absolute Gasteiger partial charge is 0.349 e. The van der Waals surface area contributed by atoms with Gasteiger partial charge in [0.25, 0.3) is 11.6 Å². The van der Waals surface area contributed by atoms with Crippen molar-refractivity contribution in [2.45, 2.75) is 18.9 Å². The maximum Gasteiger partial charge on any atom is 0.269 e. The van der Waals surface area contributed by atoms with E-state index in [4.69, 9.17) is 0 Å². The van der Waals surface area contributed by atoms with Crippen LogP contribution in [0, 0.1) is 10.1 Å². The van der Waals surface area contributed by atoms with Gasteiger partial charge in [-0.15, -0.1) is 0 Å². The number of nitro benzene ring substituents is 1. The second-order valence-corrected chi connectivity index (χ2v) is 6.37. The molecule has 1 unspecified atom stereocenters. The van der Waals surface area contributed by atoms with E-state index < -0.39 is 4.92 Å². The number of carbonyl (C=O) groups is 1. The summed E-state index contributed by atoms with van der Waals surface area (Å²) in [5.74, 6) is -0.261. The van der Waals surface area contributed by atoms with Crippen molar-refractivity contribution < 1.29 is 9.72 Å². The maximum atomic E-state index is 12.6. The molecule has 1 amide bonds. The lowest BCUT2D eigenvalue weighted by molar-refractivity contribution is -0.384. The van der Waals surface area contributed by atoms with Crippen LogP contribution in [0.5, 0.6) is 0 Å². The van der Waals surface area contributed by atoms with Crippen LogP contribution < -0.4 is 5.32 Å². The van der Waals surface area contributed by atoms with Crippen LogP contribution in [0.1, 0.15) is 34.3 Å². The van der Waals surface area contributed by atoms with Crippen molar-refractivity contribution in [2.24, 2.45) is 0 Å². The van der Waals surface area contributed by atoms with Gasteiger partial charge in [0.15, 0.2) is 0 Å². The van der Waals surface area contributed by atoms with Crippen molar-refractivity contribution in [3.8, 4) is 0 Å². The summed E-state index contributed by atoms with van der Waals surface area (Å²) in [4.78, 5) is 22.9. The van der Waals surface area contributed by atoms with Gasteiger partial charge in [0.2, 0.25) is 0 Å². The fourth-order valence-electron chi connectivity index (χ4n) is 3.20. The van der Waals surface area contributed by atoms with Crippen LogP contribution in [-0.4, -0.2) is 16.9 Å². The van der Waals surface area contributed by atoms with Gasteiger partial charge in [-0.25, -0.2) is 0 Å². The average Bonchev–Trinajstić information content (AvgIpc) is 2.70. The highest BCUT2D eigenvalue weighted by Crippen LogP contribution is 2.28. The molecule has 0 saturated heterocycles. The third kappa shape index (κ3) is 4.39. The lowest BCUT2D eigenvalue weighted by Gasteiger charge is -2.26. The molecule has 0 radical (unpaired) electrons. The molecule has 3 rings (SSSR count). The van der Waals surface area contributed by atoms with Gasteiger partial charge in [-0.1, -0.05) is 60.7 Å². The van der Waals surface area contributed by atoms with Crippen LogP contribution in [0.4, 0.5) is 5.69 Å². The Morgan fingerprint density at radius 2 is 1.33 bits per heavy atom. The summed E-state index contributed by atoms with van der Waals surface area (Å²) in [5.41, 5.74) is 2.58. The van der Waals surface area contributed by atoms with E-state index in [2.05, 4.69) is 5.32 Å². The zero-order valence-electron chi connectivity index (χ0n) is 14.9. The van der Waals surface area contributed by atoms with Crippen LogP contribution in [-0.2, 0) is 0 Å². The average molecular weight is 360 g/mol. The van der Waals surface area contributed by atoms with Gasteiger partial charge in [0.1, 0.15) is 0 Å². The molecule has 0 aliphatic heterocycles. The first-order valence-electron chi connectivity index (χ1n) is 8.71. The van der Waals surface area contributed by atoms with E-state index in [1.165, 1.54) is 24.3 Å². The lowest BCUT2D eigenvalue weighted by atomic mass is 9.85. The number of nitro groups is 1. The van der Waals surface area contributed by atoms with Crippen LogP contribution in [0.15, 0.2) is 84.9 Å². The van der Waals surface area contributed by atoms with Crippen LogP contribution >= 0.6 is 0 Å². The predicted octanol–water partition coefficient (Wildman–Crippen LogP) is 4.55. The number of amides is 1. The summed E-state index contributed by atoms with van der Waals surface area (Å²) >= 11 is 0. The lowest BCUT2D eigenvalue weighted by Crippen LogP contribution is -2.37. The summed E-state index contributed by atoms with van der Waals surface area (Å²) in [6.07, 6.45) is 0. The number of hydrogen-bond donors (Lipinski definition) is 1. The van der Waals surface area contributed by atoms with E-state index in [0.717, 1.165) is 11.1 Å². The Kier molecular flexibility index (Phi) is 5.61. The highest BCUT2D eigenvalue weighted by molar-refractivity contribution is 5.94. The van der Waals surface area contributed by atoms with E-state index in [1.807, 2.05) is 67.6 Å². The van der Waals surface area contributed by atoms with Gasteiger partial charge in [0, 0.05) is 29.7 Å². The minimum absolute atomic E-state index is 0.00519. The first-order valence-corrected chi connectivity index (χ1v) is 8.71. The fourth-order valence-corrected chi connectivity index (χ4v) is 3.20. The molecule has 136 valence electrons. The van der Waals surface area contributed by atoms with E-state index in [0.29, 0.717) is 5.56 Å². The second kappa shape index (κ2) is 8.27. The number of non-ortho nitro benzene ring substituents is 1. The van der Waals surface area contributed by atoms with E-state index in [1.54, 1.807) is 0 Å². The summed E-state index contributed by atoms with van der Waals surface area (Å²) < 4.78 is 0. The second-order valence-electron chi connectivity index (χ2n) is 6.37. The quantitative estimate of drug-likeness (QED) is 0.518. The van der Waals surface area contributed by atoms with E-state index in [-0.39, 0.29) is 23.6 Å². The molecule has 0 fully saturated rings. The first kappa shape index (κ1) is 18.3. The van der Waals surface area contributed by atoms with Crippen molar-refractivity contribution in [1.82, 2.24) is 5.32 Å². The fraction of sp³-hybridized carbons (Fsp3) is 0.136. The molecule has 27 heavy (non-hydrogen) atoms. The number of benzene rings is 3. The minimum Gasteiger partial charge on any atom is -0.349 e. The number of carbonyl (C=O) groups excluding carboxylic acids is 1. The molecule has 3 aromatic rings. The zero-order chi connectivity index (χ0) is 19.2. The van der Waals surface area contributed by atoms with Crippen molar-refractivity contribution in [3.63, 3.8) is 0 Å². The number of nitrogens with one attached hydrogen (secondary N) is 1. The summed E-state index contributed by atoms with van der Waals surface area (Å²) in [5, 5.41) is 13.8. The summed E-state index contributed by atoms with van der Waals surface area (Å²) in [6.45, 7) is 1.97. The molecule has 3 aromatic carbocycles. The Labute approximate surface area is 157 Å². The maximum absolute atomic E-state index is 12.6. The molecule has 0 bridgehead atoms. The third-order valence-electron chi connectivity index (χ3n) is 4.52. The topological polar surface area (TPSA) is 72.2 Å². The van der Waals surface area contributed by atoms with Gasteiger partial charge < -0.3 is 5.32 Å². The van der Waals surface area contributed by atoms with Crippen molar-refractivity contribution in [3.05, 3.63) is 112 Å². The smallest absolute Gasteiger partial charge is 0.269 e. The molecule has 5 heteroatoms. The number of nitrogens with zero attached hydrogens (tertiary/aromatic N) is 1. The van der Waals surface area contributed by atoms with Gasteiger partial charge in [-0.05, 0) is 30.2 Å².